The fourth-order valence-corrected chi connectivity index (χ4v) is 3.29. The van der Waals surface area contributed by atoms with E-state index in [4.69, 9.17) is 10.5 Å². The zero-order valence-electron chi connectivity index (χ0n) is 12.0. The molecule has 0 radical (unpaired) electrons. The van der Waals surface area contributed by atoms with E-state index in [0.717, 1.165) is 14.4 Å². The van der Waals surface area contributed by atoms with Gasteiger partial charge in [0.25, 0.3) is 0 Å². The van der Waals surface area contributed by atoms with Gasteiger partial charge in [0, 0.05) is 24.7 Å². The van der Waals surface area contributed by atoms with Gasteiger partial charge in [-0.25, -0.2) is 4.79 Å². The first kappa shape index (κ1) is 15.6. The van der Waals surface area contributed by atoms with Gasteiger partial charge in [-0.15, -0.1) is 10.2 Å². The maximum Gasteiger partial charge on any atom is 0.340 e. The molecule has 0 aliphatic heterocycles. The molecule has 0 saturated heterocycles. The second-order valence-electron chi connectivity index (χ2n) is 4.32. The predicted molar refractivity (Wildman–Crippen MR) is 85.2 cm³/mol. The average Bonchev–Trinajstić information content (AvgIpc) is 2.90. The molecule has 0 bridgehead atoms. The summed E-state index contributed by atoms with van der Waals surface area (Å²) < 4.78 is 5.79. The van der Waals surface area contributed by atoms with E-state index in [-0.39, 0.29) is 0 Å². The standard InChI is InChI=1S/C13H16N4O2S2/c1-4-19-11(18)9-7-8(5-6-10(9)14)20-13-16-15-12(21-13)17(2)3/h5-7H,4,14H2,1-3H3. The molecule has 2 aromatic rings. The summed E-state index contributed by atoms with van der Waals surface area (Å²) in [6.07, 6.45) is 0. The topological polar surface area (TPSA) is 81.3 Å². The minimum absolute atomic E-state index is 0.318. The Labute approximate surface area is 131 Å². The molecule has 8 heteroatoms. The third-order valence-corrected chi connectivity index (χ3v) is 4.64. The molecule has 0 aliphatic rings. The van der Waals surface area contributed by atoms with Crippen molar-refractivity contribution in [3.8, 4) is 0 Å². The first-order valence-corrected chi connectivity index (χ1v) is 7.90. The number of aromatic nitrogens is 2. The molecular weight excluding hydrogens is 308 g/mol. The van der Waals surface area contributed by atoms with Crippen molar-refractivity contribution in [2.45, 2.75) is 16.2 Å². The van der Waals surface area contributed by atoms with Gasteiger partial charge in [-0.05, 0) is 25.1 Å². The highest BCUT2D eigenvalue weighted by Gasteiger charge is 2.13. The van der Waals surface area contributed by atoms with E-state index in [0.29, 0.717) is 17.9 Å². The number of benzene rings is 1. The fraction of sp³-hybridized carbons (Fsp3) is 0.308. The van der Waals surface area contributed by atoms with Gasteiger partial charge >= 0.3 is 5.97 Å². The van der Waals surface area contributed by atoms with Crippen LogP contribution in [0.1, 0.15) is 17.3 Å². The van der Waals surface area contributed by atoms with Gasteiger partial charge in [0.05, 0.1) is 12.2 Å². The number of esters is 1. The lowest BCUT2D eigenvalue weighted by Gasteiger charge is -2.07. The van der Waals surface area contributed by atoms with Crippen LogP contribution in [-0.4, -0.2) is 36.9 Å². The van der Waals surface area contributed by atoms with Crippen LogP contribution in [0.15, 0.2) is 27.4 Å². The van der Waals surface area contributed by atoms with Crippen LogP contribution in [0.2, 0.25) is 0 Å². The maximum atomic E-state index is 11.8. The molecule has 0 atom stereocenters. The van der Waals surface area contributed by atoms with E-state index in [1.54, 1.807) is 19.1 Å². The zero-order chi connectivity index (χ0) is 15.4. The van der Waals surface area contributed by atoms with Crippen molar-refractivity contribution in [2.24, 2.45) is 0 Å². The molecule has 0 spiro atoms. The number of anilines is 2. The second kappa shape index (κ2) is 6.77. The van der Waals surface area contributed by atoms with Crippen LogP contribution < -0.4 is 10.6 Å². The Hall–Kier alpha value is -1.80. The molecule has 1 heterocycles. The third kappa shape index (κ3) is 3.85. The summed E-state index contributed by atoms with van der Waals surface area (Å²) in [5.41, 5.74) is 6.60. The summed E-state index contributed by atoms with van der Waals surface area (Å²) in [4.78, 5) is 14.6. The number of carbonyl (C=O) groups excluding carboxylic acids is 1. The number of carbonyl (C=O) groups is 1. The normalized spacial score (nSPS) is 10.4. The van der Waals surface area contributed by atoms with Gasteiger partial charge in [0.15, 0.2) is 4.34 Å². The Balaban J connectivity index is 2.20. The lowest BCUT2D eigenvalue weighted by atomic mass is 10.2. The molecule has 0 amide bonds. The molecular formula is C13H16N4O2S2. The number of hydrogen-bond acceptors (Lipinski definition) is 8. The molecule has 1 aromatic heterocycles. The number of nitrogens with two attached hydrogens (primary N) is 1. The molecule has 0 saturated carbocycles. The Morgan fingerprint density at radius 3 is 2.81 bits per heavy atom. The van der Waals surface area contributed by atoms with Crippen molar-refractivity contribution >= 4 is 39.9 Å². The Morgan fingerprint density at radius 1 is 1.43 bits per heavy atom. The van der Waals surface area contributed by atoms with Crippen molar-refractivity contribution in [3.63, 3.8) is 0 Å². The molecule has 2 rings (SSSR count). The van der Waals surface area contributed by atoms with Crippen molar-refractivity contribution in [3.05, 3.63) is 23.8 Å². The van der Waals surface area contributed by atoms with Gasteiger partial charge in [-0.3, -0.25) is 0 Å². The Bertz CT molecular complexity index is 643. The van der Waals surface area contributed by atoms with Crippen LogP contribution in [0.4, 0.5) is 10.8 Å². The van der Waals surface area contributed by atoms with Crippen LogP contribution in [-0.2, 0) is 4.74 Å². The second-order valence-corrected chi connectivity index (χ2v) is 6.59. The summed E-state index contributed by atoms with van der Waals surface area (Å²) >= 11 is 2.92. The average molecular weight is 324 g/mol. The zero-order valence-corrected chi connectivity index (χ0v) is 13.6. The van der Waals surface area contributed by atoms with E-state index in [1.165, 1.54) is 23.1 Å². The van der Waals surface area contributed by atoms with Crippen LogP contribution in [0.25, 0.3) is 0 Å². The SMILES string of the molecule is CCOC(=O)c1cc(Sc2nnc(N(C)C)s2)ccc1N. The minimum atomic E-state index is -0.413. The molecule has 6 nitrogen and oxygen atoms in total. The predicted octanol–water partition coefficient (Wildman–Crippen LogP) is 2.51. The summed E-state index contributed by atoms with van der Waals surface area (Å²) in [7, 11) is 3.83. The summed E-state index contributed by atoms with van der Waals surface area (Å²) in [6.45, 7) is 2.08. The van der Waals surface area contributed by atoms with Crippen LogP contribution in [0.5, 0.6) is 0 Å². The van der Waals surface area contributed by atoms with Crippen LogP contribution >= 0.6 is 23.1 Å². The lowest BCUT2D eigenvalue weighted by molar-refractivity contribution is 0.0527. The monoisotopic (exact) mass is 324 g/mol. The van der Waals surface area contributed by atoms with Gasteiger partial charge in [0.1, 0.15) is 0 Å². The minimum Gasteiger partial charge on any atom is -0.462 e. The molecule has 2 N–H and O–H groups in total. The van der Waals surface area contributed by atoms with Crippen molar-refractivity contribution in [1.82, 2.24) is 10.2 Å². The lowest BCUT2D eigenvalue weighted by Crippen LogP contribution is -2.07. The molecule has 0 fully saturated rings. The quantitative estimate of drug-likeness (QED) is 0.668. The van der Waals surface area contributed by atoms with Crippen LogP contribution in [0, 0.1) is 0 Å². The maximum absolute atomic E-state index is 11.8. The number of nitrogens with zero attached hydrogens (tertiary/aromatic N) is 3. The first-order chi connectivity index (χ1) is 10.0. The fourth-order valence-electron chi connectivity index (χ4n) is 1.51. The Morgan fingerprint density at radius 2 is 2.19 bits per heavy atom. The third-order valence-electron chi connectivity index (χ3n) is 2.50. The Kier molecular flexibility index (Phi) is 5.03. The van der Waals surface area contributed by atoms with E-state index in [9.17, 15) is 4.79 Å². The number of rotatable bonds is 5. The smallest absolute Gasteiger partial charge is 0.340 e. The molecule has 112 valence electrons. The summed E-state index contributed by atoms with van der Waals surface area (Å²) in [5.74, 6) is -0.413. The van der Waals surface area contributed by atoms with Crippen molar-refractivity contribution in [1.29, 1.82) is 0 Å². The van der Waals surface area contributed by atoms with Crippen molar-refractivity contribution in [2.75, 3.05) is 31.3 Å². The summed E-state index contributed by atoms with van der Waals surface area (Å²) in [6, 6.07) is 5.26. The summed E-state index contributed by atoms with van der Waals surface area (Å²) in [5, 5.41) is 9.01. The molecule has 0 unspecified atom stereocenters. The van der Waals surface area contributed by atoms with E-state index >= 15 is 0 Å². The number of hydrogen-bond donors (Lipinski definition) is 1. The first-order valence-electron chi connectivity index (χ1n) is 6.26. The van der Waals surface area contributed by atoms with Crippen LogP contribution in [0.3, 0.4) is 0 Å². The van der Waals surface area contributed by atoms with E-state index < -0.39 is 5.97 Å². The highest BCUT2D eigenvalue weighted by molar-refractivity contribution is 8.01. The van der Waals surface area contributed by atoms with Gasteiger partial charge in [0.2, 0.25) is 5.13 Å². The van der Waals surface area contributed by atoms with Crippen molar-refractivity contribution < 1.29 is 9.53 Å². The highest BCUT2D eigenvalue weighted by Crippen LogP contribution is 2.34. The molecule has 21 heavy (non-hydrogen) atoms. The molecule has 0 aliphatic carbocycles. The van der Waals surface area contributed by atoms with Gasteiger partial charge in [-0.2, -0.15) is 0 Å². The largest absolute Gasteiger partial charge is 0.462 e. The highest BCUT2D eigenvalue weighted by atomic mass is 32.2. The molecule has 1 aromatic carbocycles. The van der Waals surface area contributed by atoms with Gasteiger partial charge in [-0.1, -0.05) is 23.1 Å². The van der Waals surface area contributed by atoms with E-state index in [2.05, 4.69) is 10.2 Å². The van der Waals surface area contributed by atoms with Gasteiger partial charge < -0.3 is 15.4 Å². The number of ether oxygens (including phenoxy) is 1. The van der Waals surface area contributed by atoms with E-state index in [1.807, 2.05) is 25.1 Å². The number of nitrogen functional groups attached to an aromatic ring is 1.